The fourth-order valence-electron chi connectivity index (χ4n) is 3.35. The number of carbonyl (C=O) groups is 1. The van der Waals surface area contributed by atoms with Gasteiger partial charge in [-0.1, -0.05) is 60.7 Å². The maximum Gasteiger partial charge on any atom is 0.261 e. The molecule has 2 heterocycles. The van der Waals surface area contributed by atoms with Gasteiger partial charge in [0.2, 0.25) is 5.88 Å². The third-order valence-electron chi connectivity index (χ3n) is 5.02. The Morgan fingerprint density at radius 3 is 2.29 bits per heavy atom. The van der Waals surface area contributed by atoms with E-state index in [-0.39, 0.29) is 11.3 Å². The van der Waals surface area contributed by atoms with Gasteiger partial charge in [0.05, 0.1) is 0 Å². The third-order valence-corrected chi connectivity index (χ3v) is 5.02. The van der Waals surface area contributed by atoms with Crippen LogP contribution in [0.4, 0.5) is 0 Å². The molecule has 0 amide bonds. The smallest absolute Gasteiger partial charge is 0.261 e. The van der Waals surface area contributed by atoms with Gasteiger partial charge < -0.3 is 9.15 Å². The fraction of sp³-hybridized carbons (Fsp3) is 0.154. The monoisotopic (exact) mass is 413 g/mol. The summed E-state index contributed by atoms with van der Waals surface area (Å²) in [5.41, 5.74) is 2.54. The molecule has 156 valence electrons. The van der Waals surface area contributed by atoms with Crippen LogP contribution < -0.4 is 10.3 Å². The number of ether oxygens (including phenoxy) is 1. The molecule has 0 aliphatic carbocycles. The second kappa shape index (κ2) is 9.30. The van der Waals surface area contributed by atoms with Crippen molar-refractivity contribution >= 4 is 5.78 Å². The minimum Gasteiger partial charge on any atom is -0.489 e. The predicted octanol–water partition coefficient (Wildman–Crippen LogP) is 5.13. The Hall–Kier alpha value is -3.86. The van der Waals surface area contributed by atoms with Gasteiger partial charge in [-0.3, -0.25) is 14.2 Å². The van der Waals surface area contributed by atoms with Crippen LogP contribution >= 0.6 is 0 Å². The van der Waals surface area contributed by atoms with E-state index >= 15 is 0 Å². The average molecular weight is 413 g/mol. The minimum atomic E-state index is -0.289. The lowest BCUT2D eigenvalue weighted by molar-refractivity contribution is 0.0955. The Bertz CT molecular complexity index is 1220. The van der Waals surface area contributed by atoms with Gasteiger partial charge in [0.1, 0.15) is 12.4 Å². The summed E-state index contributed by atoms with van der Waals surface area (Å²) in [6.45, 7) is 2.19. The Morgan fingerprint density at radius 1 is 0.935 bits per heavy atom. The highest BCUT2D eigenvalue weighted by Crippen LogP contribution is 2.21. The number of pyridine rings is 1. The fourth-order valence-corrected chi connectivity index (χ4v) is 3.35. The molecule has 5 heteroatoms. The highest BCUT2D eigenvalue weighted by Gasteiger charge is 2.17. The quantitative estimate of drug-likeness (QED) is 0.376. The molecule has 0 atom stereocenters. The minimum absolute atomic E-state index is 0.0801. The summed E-state index contributed by atoms with van der Waals surface area (Å²) in [6.07, 6.45) is 2.58. The molecular formula is C26H23NO4. The van der Waals surface area contributed by atoms with Crippen molar-refractivity contribution in [3.05, 3.63) is 118 Å². The van der Waals surface area contributed by atoms with E-state index in [2.05, 4.69) is 0 Å². The van der Waals surface area contributed by atoms with Crippen LogP contribution in [0.3, 0.4) is 0 Å². The highest BCUT2D eigenvalue weighted by molar-refractivity contribution is 5.95. The number of hydrogen-bond donors (Lipinski definition) is 0. The molecule has 2 aromatic carbocycles. The first kappa shape index (κ1) is 20.4. The molecule has 0 aliphatic rings. The van der Waals surface area contributed by atoms with Gasteiger partial charge in [-0.05, 0) is 30.5 Å². The number of aryl methyl sites for hydroxylation is 2. The summed E-state index contributed by atoms with van der Waals surface area (Å²) in [6, 6.07) is 24.4. The summed E-state index contributed by atoms with van der Waals surface area (Å²) in [5.74, 6) is 1.01. The van der Waals surface area contributed by atoms with Crippen LogP contribution in [0.15, 0.2) is 94.3 Å². The van der Waals surface area contributed by atoms with Crippen molar-refractivity contribution in [3.63, 3.8) is 0 Å². The summed E-state index contributed by atoms with van der Waals surface area (Å²) < 4.78 is 12.9. The van der Waals surface area contributed by atoms with Crippen molar-refractivity contribution in [1.29, 1.82) is 0 Å². The van der Waals surface area contributed by atoms with Gasteiger partial charge in [0, 0.05) is 30.3 Å². The molecule has 0 saturated heterocycles. The maximum atomic E-state index is 12.6. The molecule has 4 aromatic rings. The first-order valence-electron chi connectivity index (χ1n) is 10.2. The summed E-state index contributed by atoms with van der Waals surface area (Å²) in [4.78, 5) is 25.2. The zero-order chi connectivity index (χ0) is 21.6. The number of furan rings is 1. The summed E-state index contributed by atoms with van der Waals surface area (Å²) in [7, 11) is 0. The number of benzene rings is 2. The van der Waals surface area contributed by atoms with Gasteiger partial charge in [0.25, 0.3) is 5.56 Å². The van der Waals surface area contributed by atoms with E-state index in [4.69, 9.17) is 9.15 Å². The van der Waals surface area contributed by atoms with Gasteiger partial charge in [-0.25, -0.2) is 0 Å². The first-order chi connectivity index (χ1) is 15.1. The third kappa shape index (κ3) is 5.01. The lowest BCUT2D eigenvalue weighted by Crippen LogP contribution is -2.16. The molecular weight excluding hydrogens is 390 g/mol. The molecule has 4 rings (SSSR count). The SMILES string of the molecule is Cc1cc(-n2ccc(OCc3ccccc3)cc2=O)oc1C(=O)CCc1ccccc1. The molecule has 0 fully saturated rings. The zero-order valence-electron chi connectivity index (χ0n) is 17.3. The van der Waals surface area contributed by atoms with Crippen LogP contribution in [-0.4, -0.2) is 10.4 Å². The van der Waals surface area contributed by atoms with E-state index < -0.39 is 0 Å². The van der Waals surface area contributed by atoms with Crippen LogP contribution in [0.1, 0.15) is 33.7 Å². The number of carbonyl (C=O) groups excluding carboxylic acids is 1. The molecule has 31 heavy (non-hydrogen) atoms. The molecule has 0 aliphatic heterocycles. The molecule has 0 N–H and O–H groups in total. The van der Waals surface area contributed by atoms with E-state index in [1.165, 1.54) is 10.6 Å². The summed E-state index contributed by atoms with van der Waals surface area (Å²) >= 11 is 0. The van der Waals surface area contributed by atoms with Crippen molar-refractivity contribution < 1.29 is 13.9 Å². The van der Waals surface area contributed by atoms with Gasteiger partial charge in [-0.15, -0.1) is 0 Å². The zero-order valence-corrected chi connectivity index (χ0v) is 17.3. The van der Waals surface area contributed by atoms with Crippen LogP contribution in [-0.2, 0) is 13.0 Å². The van der Waals surface area contributed by atoms with Crippen molar-refractivity contribution in [2.45, 2.75) is 26.4 Å². The Kier molecular flexibility index (Phi) is 6.13. The number of aromatic nitrogens is 1. The second-order valence-corrected chi connectivity index (χ2v) is 7.35. The van der Waals surface area contributed by atoms with E-state index in [0.717, 1.165) is 11.1 Å². The molecule has 0 saturated carbocycles. The van der Waals surface area contributed by atoms with Gasteiger partial charge >= 0.3 is 0 Å². The number of nitrogens with zero attached hydrogens (tertiary/aromatic N) is 1. The lowest BCUT2D eigenvalue weighted by Gasteiger charge is -2.07. The van der Waals surface area contributed by atoms with Crippen LogP contribution in [0.5, 0.6) is 5.75 Å². The van der Waals surface area contributed by atoms with Gasteiger partial charge in [0.15, 0.2) is 11.5 Å². The number of Topliss-reactive ketones (excluding diaryl/α,β-unsaturated/α-hetero) is 1. The normalized spacial score (nSPS) is 10.7. The molecule has 0 spiro atoms. The van der Waals surface area contributed by atoms with Crippen molar-refractivity contribution in [1.82, 2.24) is 4.57 Å². The molecule has 0 bridgehead atoms. The first-order valence-corrected chi connectivity index (χ1v) is 10.2. The van der Waals surface area contributed by atoms with E-state index in [0.29, 0.717) is 42.4 Å². The Balaban J connectivity index is 1.46. The van der Waals surface area contributed by atoms with Crippen molar-refractivity contribution in [3.8, 4) is 11.6 Å². The average Bonchev–Trinajstić information content (AvgIpc) is 3.19. The summed E-state index contributed by atoms with van der Waals surface area (Å²) in [5, 5.41) is 0. The predicted molar refractivity (Wildman–Crippen MR) is 119 cm³/mol. The van der Waals surface area contributed by atoms with Crippen molar-refractivity contribution in [2.75, 3.05) is 0 Å². The lowest BCUT2D eigenvalue weighted by atomic mass is 10.1. The van der Waals surface area contributed by atoms with E-state index in [1.807, 2.05) is 67.6 Å². The Labute approximate surface area is 180 Å². The van der Waals surface area contributed by atoms with Crippen LogP contribution in [0.2, 0.25) is 0 Å². The Morgan fingerprint density at radius 2 is 1.61 bits per heavy atom. The molecule has 5 nitrogen and oxygen atoms in total. The van der Waals surface area contributed by atoms with Crippen LogP contribution in [0.25, 0.3) is 5.88 Å². The second-order valence-electron chi connectivity index (χ2n) is 7.35. The molecule has 0 radical (unpaired) electrons. The number of rotatable bonds is 8. The number of hydrogen-bond acceptors (Lipinski definition) is 4. The topological polar surface area (TPSA) is 61.4 Å². The van der Waals surface area contributed by atoms with Crippen molar-refractivity contribution in [2.24, 2.45) is 0 Å². The standard InChI is InChI=1S/C26H23NO4/c1-19-16-25(31-26(19)23(28)13-12-20-8-4-2-5-9-20)27-15-14-22(17-24(27)29)30-18-21-10-6-3-7-11-21/h2-11,14-17H,12-13,18H2,1H3. The largest absolute Gasteiger partial charge is 0.489 e. The number of ketones is 1. The maximum absolute atomic E-state index is 12.6. The van der Waals surface area contributed by atoms with E-state index in [1.54, 1.807) is 18.3 Å². The van der Waals surface area contributed by atoms with Gasteiger partial charge in [-0.2, -0.15) is 0 Å². The highest BCUT2D eigenvalue weighted by atomic mass is 16.5. The molecule has 2 aromatic heterocycles. The van der Waals surface area contributed by atoms with Crippen LogP contribution in [0, 0.1) is 6.92 Å². The molecule has 0 unspecified atom stereocenters. The van der Waals surface area contributed by atoms with E-state index in [9.17, 15) is 9.59 Å².